The van der Waals surface area contributed by atoms with Crippen LogP contribution in [0.5, 0.6) is 5.75 Å². The number of benzene rings is 2. The van der Waals surface area contributed by atoms with E-state index in [-0.39, 0.29) is 29.4 Å². The Hall–Kier alpha value is -2.86. The minimum atomic E-state index is -4.48. The number of carbonyl (C=O) groups excluding carboxylic acids is 3. The molecule has 0 saturated heterocycles. The van der Waals surface area contributed by atoms with Crippen LogP contribution in [0.2, 0.25) is 0 Å². The molecule has 38 heavy (non-hydrogen) atoms. The summed E-state index contributed by atoms with van der Waals surface area (Å²) in [4.78, 5) is 39.5. The highest BCUT2D eigenvalue weighted by molar-refractivity contribution is 7.86. The number of hydrogen-bond donors (Lipinski definition) is 0. The quantitative estimate of drug-likeness (QED) is 0.309. The van der Waals surface area contributed by atoms with E-state index in [4.69, 9.17) is 18.5 Å². The third-order valence-electron chi connectivity index (χ3n) is 8.46. The first-order valence-corrected chi connectivity index (χ1v) is 14.2. The standard InChI is InChI=1S/C27H31NO9S/c1-26(2)18-7-8-27(26,22(29)14-18)16-38(32,33)37-28-24(30)20-6-4-5-17-13-19(15-21(23(17)20)25(28)31)36-12-11-35-10-9-34-3/h4-6,13,15,18H,7-12,14,16H2,1-3H3. The summed E-state index contributed by atoms with van der Waals surface area (Å²) >= 11 is 0. The molecule has 2 atom stereocenters. The summed E-state index contributed by atoms with van der Waals surface area (Å²) < 4.78 is 47.8. The monoisotopic (exact) mass is 545 g/mol. The van der Waals surface area contributed by atoms with E-state index in [9.17, 15) is 22.8 Å². The van der Waals surface area contributed by atoms with E-state index in [0.717, 1.165) is 6.42 Å². The van der Waals surface area contributed by atoms with Crippen LogP contribution in [0.25, 0.3) is 10.8 Å². The van der Waals surface area contributed by atoms with Gasteiger partial charge < -0.3 is 14.2 Å². The van der Waals surface area contributed by atoms with Crippen LogP contribution in [0.1, 0.15) is 53.8 Å². The summed E-state index contributed by atoms with van der Waals surface area (Å²) in [6.45, 7) is 5.19. The topological polar surface area (TPSA) is 126 Å². The fourth-order valence-electron chi connectivity index (χ4n) is 6.22. The fourth-order valence-corrected chi connectivity index (χ4v) is 7.92. The number of hydrogen-bond acceptors (Lipinski definition) is 9. The largest absolute Gasteiger partial charge is 0.491 e. The van der Waals surface area contributed by atoms with Crippen LogP contribution in [0, 0.1) is 16.7 Å². The van der Waals surface area contributed by atoms with E-state index < -0.39 is 38.5 Å². The third-order valence-corrected chi connectivity index (χ3v) is 9.68. The molecule has 204 valence electrons. The van der Waals surface area contributed by atoms with Gasteiger partial charge in [-0.05, 0) is 47.8 Å². The molecule has 1 aliphatic heterocycles. The number of hydroxylamine groups is 2. The molecule has 3 aliphatic rings. The molecule has 0 aromatic heterocycles. The molecule has 1 heterocycles. The smallest absolute Gasteiger partial charge is 0.289 e. The van der Waals surface area contributed by atoms with Gasteiger partial charge in [-0.15, -0.1) is 9.35 Å². The summed E-state index contributed by atoms with van der Waals surface area (Å²) in [5.74, 6) is -2.01. The van der Waals surface area contributed by atoms with E-state index in [1.807, 2.05) is 13.8 Å². The molecule has 2 fully saturated rings. The minimum absolute atomic E-state index is 0.0829. The normalized spacial score (nSPS) is 24.0. The average molecular weight is 546 g/mol. The van der Waals surface area contributed by atoms with Gasteiger partial charge in [0.2, 0.25) is 0 Å². The van der Waals surface area contributed by atoms with Crippen molar-refractivity contribution in [3.05, 3.63) is 41.5 Å². The molecule has 0 radical (unpaired) electrons. The molecule has 5 rings (SSSR count). The van der Waals surface area contributed by atoms with Crippen LogP contribution < -0.4 is 4.74 Å². The van der Waals surface area contributed by atoms with Gasteiger partial charge in [-0.25, -0.2) is 0 Å². The Morgan fingerprint density at radius 3 is 2.42 bits per heavy atom. The number of rotatable bonds is 11. The summed E-state index contributed by atoms with van der Waals surface area (Å²) in [5.41, 5.74) is -1.39. The van der Waals surface area contributed by atoms with Gasteiger partial charge >= 0.3 is 0 Å². The van der Waals surface area contributed by atoms with Crippen LogP contribution in [-0.4, -0.2) is 70.4 Å². The SMILES string of the molecule is COCCOCCOc1cc2c3c(cccc3c1)C(=O)N(OS(=O)(=O)CC13CCC(CC1=O)C3(C)C)C2=O. The van der Waals surface area contributed by atoms with E-state index in [1.54, 1.807) is 25.3 Å². The van der Waals surface area contributed by atoms with E-state index in [0.29, 0.717) is 54.2 Å². The number of imide groups is 1. The summed E-state index contributed by atoms with van der Waals surface area (Å²) in [5, 5.41) is 1.28. The first kappa shape index (κ1) is 26.7. The van der Waals surface area contributed by atoms with E-state index in [1.165, 1.54) is 12.1 Å². The molecule has 11 heteroatoms. The third kappa shape index (κ3) is 4.31. The zero-order chi connectivity index (χ0) is 27.3. The van der Waals surface area contributed by atoms with Gasteiger partial charge in [0.05, 0.1) is 42.1 Å². The number of amides is 2. The predicted molar refractivity (Wildman–Crippen MR) is 136 cm³/mol. The molecular weight excluding hydrogens is 514 g/mol. The van der Waals surface area contributed by atoms with Gasteiger partial charge in [0, 0.05) is 18.9 Å². The summed E-state index contributed by atoms with van der Waals surface area (Å²) in [6.07, 6.45) is 1.52. The molecule has 2 aromatic rings. The first-order chi connectivity index (χ1) is 18.0. The predicted octanol–water partition coefficient (Wildman–Crippen LogP) is 3.13. The van der Waals surface area contributed by atoms with Crippen molar-refractivity contribution in [2.24, 2.45) is 16.7 Å². The zero-order valence-electron chi connectivity index (χ0n) is 21.7. The van der Waals surface area contributed by atoms with E-state index in [2.05, 4.69) is 0 Å². The maximum atomic E-state index is 13.4. The van der Waals surface area contributed by atoms with Crippen LogP contribution in [0.3, 0.4) is 0 Å². The summed E-state index contributed by atoms with van der Waals surface area (Å²) in [7, 11) is -2.90. The van der Waals surface area contributed by atoms with Crippen molar-refractivity contribution in [3.63, 3.8) is 0 Å². The van der Waals surface area contributed by atoms with Crippen molar-refractivity contribution in [1.82, 2.24) is 5.06 Å². The van der Waals surface area contributed by atoms with Gasteiger partial charge in [0.15, 0.2) is 0 Å². The lowest BCUT2D eigenvalue weighted by Gasteiger charge is -2.36. The molecule has 2 bridgehead atoms. The lowest BCUT2D eigenvalue weighted by molar-refractivity contribution is -0.128. The Balaban J connectivity index is 1.39. The average Bonchev–Trinajstić information content (AvgIpc) is 3.21. The second-order valence-electron chi connectivity index (χ2n) is 10.7. The van der Waals surface area contributed by atoms with E-state index >= 15 is 0 Å². The highest BCUT2D eigenvalue weighted by Crippen LogP contribution is 2.64. The van der Waals surface area contributed by atoms with Gasteiger partial charge in [-0.2, -0.15) is 8.42 Å². The minimum Gasteiger partial charge on any atom is -0.491 e. The van der Waals surface area contributed by atoms with Crippen molar-refractivity contribution >= 4 is 38.5 Å². The van der Waals surface area contributed by atoms with Crippen molar-refractivity contribution in [3.8, 4) is 5.75 Å². The van der Waals surface area contributed by atoms with Crippen LogP contribution >= 0.6 is 0 Å². The molecule has 2 aromatic carbocycles. The van der Waals surface area contributed by atoms with Crippen molar-refractivity contribution in [2.45, 2.75) is 33.1 Å². The van der Waals surface area contributed by atoms with Gasteiger partial charge in [0.25, 0.3) is 21.9 Å². The maximum Gasteiger partial charge on any atom is 0.289 e. The highest BCUT2D eigenvalue weighted by Gasteiger charge is 2.65. The van der Waals surface area contributed by atoms with Crippen molar-refractivity contribution < 1.29 is 41.3 Å². The first-order valence-electron chi connectivity index (χ1n) is 12.6. The van der Waals surface area contributed by atoms with Crippen molar-refractivity contribution in [1.29, 1.82) is 0 Å². The lowest BCUT2D eigenvalue weighted by atomic mass is 9.70. The molecule has 0 spiro atoms. The highest BCUT2D eigenvalue weighted by atomic mass is 32.2. The zero-order valence-corrected chi connectivity index (χ0v) is 22.5. The molecule has 2 aliphatic carbocycles. The fraction of sp³-hybridized carbons (Fsp3) is 0.519. The van der Waals surface area contributed by atoms with Crippen LogP contribution in [0.15, 0.2) is 30.3 Å². The lowest BCUT2D eigenvalue weighted by Crippen LogP contribution is -2.46. The van der Waals surface area contributed by atoms with Gasteiger partial charge in [-0.3, -0.25) is 14.4 Å². The Labute approximate surface area is 221 Å². The van der Waals surface area contributed by atoms with Crippen LogP contribution in [0.4, 0.5) is 0 Å². The Morgan fingerprint density at radius 1 is 1.00 bits per heavy atom. The Morgan fingerprint density at radius 2 is 1.74 bits per heavy atom. The Kier molecular flexibility index (Phi) is 6.83. The molecular formula is C27H31NO9S. The number of ketones is 1. The number of methoxy groups -OCH3 is 1. The molecule has 2 saturated carbocycles. The summed E-state index contributed by atoms with van der Waals surface area (Å²) in [6, 6.07) is 8.05. The second-order valence-corrected chi connectivity index (χ2v) is 12.2. The van der Waals surface area contributed by atoms with Gasteiger partial charge in [0.1, 0.15) is 18.1 Å². The Bertz CT molecular complexity index is 1420. The molecule has 2 unspecified atom stereocenters. The number of nitrogens with zero attached hydrogens (tertiary/aromatic N) is 1. The second kappa shape index (κ2) is 9.71. The van der Waals surface area contributed by atoms with Gasteiger partial charge in [-0.1, -0.05) is 26.0 Å². The number of carbonyl (C=O) groups is 3. The molecule has 2 amide bonds. The van der Waals surface area contributed by atoms with Crippen molar-refractivity contribution in [2.75, 3.05) is 39.3 Å². The van der Waals surface area contributed by atoms with Crippen LogP contribution in [-0.2, 0) is 28.7 Å². The number of fused-ring (bicyclic) bond motifs is 2. The molecule has 10 nitrogen and oxygen atoms in total. The maximum absolute atomic E-state index is 13.4. The number of Topliss-reactive ketones (excluding diaryl/α,β-unsaturated/α-hetero) is 1. The molecule has 0 N–H and O–H groups in total. The number of ether oxygens (including phenoxy) is 3.